The van der Waals surface area contributed by atoms with E-state index in [9.17, 15) is 13.2 Å². The van der Waals surface area contributed by atoms with Gasteiger partial charge in [0, 0.05) is 12.1 Å². The quantitative estimate of drug-likeness (QED) is 0.659. The van der Waals surface area contributed by atoms with E-state index in [1.807, 2.05) is 0 Å². The van der Waals surface area contributed by atoms with Gasteiger partial charge in [0.25, 0.3) is 5.91 Å². The molecule has 0 saturated carbocycles. The molecule has 1 aromatic carbocycles. The highest BCUT2D eigenvalue weighted by molar-refractivity contribution is 7.89. The Kier molecular flexibility index (Phi) is 10.4. The fraction of sp³-hybridized carbons (Fsp3) is 0.533. The lowest BCUT2D eigenvalue weighted by Gasteiger charge is -2.02. The summed E-state index contributed by atoms with van der Waals surface area (Å²) in [5, 5.41) is 10.8. The van der Waals surface area contributed by atoms with Crippen LogP contribution in [0.1, 0.15) is 44.0 Å². The molecule has 1 aromatic rings. The van der Waals surface area contributed by atoms with E-state index in [1.54, 1.807) is 6.92 Å². The molecule has 0 fully saturated rings. The highest BCUT2D eigenvalue weighted by Crippen LogP contribution is 2.08. The van der Waals surface area contributed by atoms with E-state index >= 15 is 0 Å². The number of rotatable bonds is 7. The Morgan fingerprint density at radius 1 is 1.09 bits per heavy atom. The Morgan fingerprint density at radius 3 is 2.09 bits per heavy atom. The number of nitrogens with two attached hydrogens (primary N) is 1. The van der Waals surface area contributed by atoms with Crippen LogP contribution in [-0.2, 0) is 10.0 Å². The fourth-order valence-corrected chi connectivity index (χ4v) is 2.05. The van der Waals surface area contributed by atoms with E-state index in [1.165, 1.54) is 43.7 Å². The maximum Gasteiger partial charge on any atom is 0.251 e. The number of amides is 1. The summed E-state index contributed by atoms with van der Waals surface area (Å²) in [5.41, 5.74) is 0.407. The molecular formula is C15H27N3O3S. The van der Waals surface area contributed by atoms with Crippen LogP contribution < -0.4 is 15.8 Å². The molecule has 0 aliphatic heterocycles. The largest absolute Gasteiger partial charge is 0.352 e. The van der Waals surface area contributed by atoms with Gasteiger partial charge in [-0.1, -0.05) is 20.3 Å². The van der Waals surface area contributed by atoms with Crippen molar-refractivity contribution in [1.29, 1.82) is 0 Å². The molecule has 0 bridgehead atoms. The first-order valence-electron chi connectivity index (χ1n) is 7.48. The van der Waals surface area contributed by atoms with E-state index in [0.29, 0.717) is 12.1 Å². The minimum absolute atomic E-state index is 0.00412. The molecule has 0 atom stereocenters. The summed E-state index contributed by atoms with van der Waals surface area (Å²) in [5.74, 6) is -0.238. The number of nitrogens with one attached hydrogen (secondary N) is 2. The molecule has 0 heterocycles. The Balaban J connectivity index is 0.000000534. The molecule has 0 unspecified atom stereocenters. The highest BCUT2D eigenvalue weighted by atomic mass is 32.2. The standard InChI is InChI=1S/C9H12N2O3S.C6H15N/c1-2-11-9(12)7-3-5-8(6-4-7)15(10,13)14;1-3-5-6-7-4-2/h3-6H,2H2,1H3,(H,11,12)(H2,10,13,14);7H,3-6H2,1-2H3. The van der Waals surface area contributed by atoms with Gasteiger partial charge in [-0.15, -0.1) is 0 Å². The Hall–Kier alpha value is -1.44. The first-order valence-corrected chi connectivity index (χ1v) is 9.03. The van der Waals surface area contributed by atoms with Crippen LogP contribution in [0.3, 0.4) is 0 Å². The molecule has 7 heteroatoms. The first-order chi connectivity index (χ1) is 10.4. The third kappa shape index (κ3) is 8.76. The monoisotopic (exact) mass is 329 g/mol. The van der Waals surface area contributed by atoms with Crippen LogP contribution in [0.25, 0.3) is 0 Å². The lowest BCUT2D eigenvalue weighted by atomic mass is 10.2. The number of hydrogen-bond acceptors (Lipinski definition) is 4. The van der Waals surface area contributed by atoms with Crippen LogP contribution in [0.2, 0.25) is 0 Å². The summed E-state index contributed by atoms with van der Waals surface area (Å²) in [4.78, 5) is 11.3. The molecule has 0 aliphatic carbocycles. The number of carbonyl (C=O) groups is 1. The smallest absolute Gasteiger partial charge is 0.251 e. The Morgan fingerprint density at radius 2 is 1.68 bits per heavy atom. The van der Waals surface area contributed by atoms with Crippen molar-refractivity contribution in [2.75, 3.05) is 19.6 Å². The lowest BCUT2D eigenvalue weighted by molar-refractivity contribution is 0.0955. The van der Waals surface area contributed by atoms with Gasteiger partial charge in [0.2, 0.25) is 10.0 Å². The van der Waals surface area contributed by atoms with Crippen molar-refractivity contribution in [3.8, 4) is 0 Å². The minimum Gasteiger partial charge on any atom is -0.352 e. The summed E-state index contributed by atoms with van der Waals surface area (Å²) in [6.45, 7) is 8.96. The van der Waals surface area contributed by atoms with Crippen LogP contribution in [0, 0.1) is 0 Å². The van der Waals surface area contributed by atoms with Gasteiger partial charge in [-0.05, 0) is 50.7 Å². The van der Waals surface area contributed by atoms with Gasteiger partial charge < -0.3 is 10.6 Å². The zero-order valence-electron chi connectivity index (χ0n) is 13.6. The van der Waals surface area contributed by atoms with E-state index in [4.69, 9.17) is 5.14 Å². The van der Waals surface area contributed by atoms with Gasteiger partial charge in [0.05, 0.1) is 4.90 Å². The molecule has 0 radical (unpaired) electrons. The van der Waals surface area contributed by atoms with Crippen molar-refractivity contribution in [1.82, 2.24) is 10.6 Å². The second-order valence-corrected chi connectivity index (χ2v) is 6.20. The second-order valence-electron chi connectivity index (χ2n) is 4.64. The minimum atomic E-state index is -3.69. The van der Waals surface area contributed by atoms with Crippen molar-refractivity contribution < 1.29 is 13.2 Å². The number of carbonyl (C=O) groups excluding carboxylic acids is 1. The lowest BCUT2D eigenvalue weighted by Crippen LogP contribution is -2.22. The van der Waals surface area contributed by atoms with Crippen molar-refractivity contribution in [2.45, 2.75) is 38.5 Å². The molecule has 126 valence electrons. The topological polar surface area (TPSA) is 101 Å². The summed E-state index contributed by atoms with van der Waals surface area (Å²) >= 11 is 0. The molecule has 4 N–H and O–H groups in total. The summed E-state index contributed by atoms with van der Waals surface area (Å²) in [7, 11) is -3.69. The fourth-order valence-electron chi connectivity index (χ4n) is 1.54. The number of sulfonamides is 1. The summed E-state index contributed by atoms with van der Waals surface area (Å²) in [6.07, 6.45) is 2.61. The van der Waals surface area contributed by atoms with Crippen LogP contribution in [0.4, 0.5) is 0 Å². The molecule has 6 nitrogen and oxygen atoms in total. The van der Waals surface area contributed by atoms with Gasteiger partial charge in [0.1, 0.15) is 0 Å². The molecule has 0 spiro atoms. The van der Waals surface area contributed by atoms with Crippen LogP contribution in [0.5, 0.6) is 0 Å². The summed E-state index contributed by atoms with van der Waals surface area (Å²) < 4.78 is 21.8. The first kappa shape index (κ1) is 20.6. The molecule has 0 aliphatic rings. The van der Waals surface area contributed by atoms with Crippen LogP contribution in [-0.4, -0.2) is 34.0 Å². The number of primary sulfonamides is 1. The third-order valence-corrected chi connectivity index (χ3v) is 3.67. The molecule has 22 heavy (non-hydrogen) atoms. The van der Waals surface area contributed by atoms with Crippen molar-refractivity contribution in [3.63, 3.8) is 0 Å². The van der Waals surface area contributed by atoms with E-state index < -0.39 is 10.0 Å². The van der Waals surface area contributed by atoms with Crippen molar-refractivity contribution in [2.24, 2.45) is 5.14 Å². The molecule has 0 saturated heterocycles. The van der Waals surface area contributed by atoms with Crippen LogP contribution in [0.15, 0.2) is 29.2 Å². The third-order valence-electron chi connectivity index (χ3n) is 2.74. The van der Waals surface area contributed by atoms with Gasteiger partial charge in [-0.3, -0.25) is 4.79 Å². The summed E-state index contributed by atoms with van der Waals surface area (Å²) in [6, 6.07) is 5.45. The zero-order valence-corrected chi connectivity index (χ0v) is 14.4. The maximum atomic E-state index is 11.3. The molecule has 0 aromatic heterocycles. The highest BCUT2D eigenvalue weighted by Gasteiger charge is 2.09. The van der Waals surface area contributed by atoms with Gasteiger partial charge in [0.15, 0.2) is 0 Å². The van der Waals surface area contributed by atoms with E-state index in [-0.39, 0.29) is 10.8 Å². The molecular weight excluding hydrogens is 302 g/mol. The van der Waals surface area contributed by atoms with Crippen molar-refractivity contribution in [3.05, 3.63) is 29.8 Å². The number of hydrogen-bond donors (Lipinski definition) is 3. The van der Waals surface area contributed by atoms with Gasteiger partial charge >= 0.3 is 0 Å². The SMILES string of the molecule is CCCCNCC.CCNC(=O)c1ccc(S(N)(=O)=O)cc1. The van der Waals surface area contributed by atoms with Gasteiger partial charge in [-0.25, -0.2) is 13.6 Å². The molecule has 1 rings (SSSR count). The number of benzene rings is 1. The predicted octanol–water partition coefficient (Wildman–Crippen LogP) is 1.48. The normalized spacial score (nSPS) is 10.5. The molecule has 1 amide bonds. The number of unbranched alkanes of at least 4 members (excludes halogenated alkanes) is 1. The Labute approximate surface area is 133 Å². The Bertz CT molecular complexity index is 523. The second kappa shape index (κ2) is 11.2. The maximum absolute atomic E-state index is 11.3. The van der Waals surface area contributed by atoms with E-state index in [2.05, 4.69) is 24.5 Å². The van der Waals surface area contributed by atoms with E-state index in [0.717, 1.165) is 6.54 Å². The average molecular weight is 329 g/mol. The van der Waals surface area contributed by atoms with Crippen molar-refractivity contribution >= 4 is 15.9 Å². The van der Waals surface area contributed by atoms with Gasteiger partial charge in [-0.2, -0.15) is 0 Å². The zero-order chi connectivity index (χ0) is 17.0. The average Bonchev–Trinajstić information content (AvgIpc) is 2.48. The van der Waals surface area contributed by atoms with Crippen LogP contribution >= 0.6 is 0 Å². The predicted molar refractivity (Wildman–Crippen MR) is 89.3 cm³/mol.